The van der Waals surface area contributed by atoms with Crippen molar-refractivity contribution in [3.8, 4) is 11.1 Å². The van der Waals surface area contributed by atoms with E-state index in [1.165, 1.54) is 36.0 Å². The van der Waals surface area contributed by atoms with Gasteiger partial charge >= 0.3 is 0 Å². The minimum absolute atomic E-state index is 0.825. The molecule has 1 heteroatoms. The maximum absolute atomic E-state index is 3.47. The normalized spacial score (nSPS) is 12.4. The highest BCUT2D eigenvalue weighted by Gasteiger charge is 2.01. The molecule has 100 valence electrons. The van der Waals surface area contributed by atoms with Crippen molar-refractivity contribution in [1.29, 1.82) is 0 Å². The molecule has 0 heterocycles. The molecule has 0 saturated heterocycles. The zero-order valence-electron chi connectivity index (χ0n) is 11.7. The molecule has 0 spiro atoms. The minimum Gasteiger partial charge on any atom is -0.0651 e. The SMILES string of the molecule is CCC(C)CCc1ccc(-c2ccc(Br)cc2)cc1. The van der Waals surface area contributed by atoms with E-state index in [0.717, 1.165) is 10.4 Å². The Morgan fingerprint density at radius 1 is 0.895 bits per heavy atom. The van der Waals surface area contributed by atoms with Crippen molar-refractivity contribution in [2.24, 2.45) is 5.92 Å². The molecule has 0 aliphatic heterocycles. The first kappa shape index (κ1) is 14.3. The third-order valence-corrected chi connectivity index (χ3v) is 4.28. The number of aryl methyl sites for hydroxylation is 1. The molecule has 1 unspecified atom stereocenters. The molecular formula is C18H21Br. The van der Waals surface area contributed by atoms with Crippen LogP contribution < -0.4 is 0 Å². The highest BCUT2D eigenvalue weighted by Crippen LogP contribution is 2.22. The van der Waals surface area contributed by atoms with Crippen LogP contribution in [0, 0.1) is 5.92 Å². The van der Waals surface area contributed by atoms with Crippen LogP contribution in [0.5, 0.6) is 0 Å². The summed E-state index contributed by atoms with van der Waals surface area (Å²) in [7, 11) is 0. The van der Waals surface area contributed by atoms with Crippen LogP contribution in [-0.4, -0.2) is 0 Å². The van der Waals surface area contributed by atoms with Gasteiger partial charge in [0.1, 0.15) is 0 Å². The van der Waals surface area contributed by atoms with Gasteiger partial charge in [0, 0.05) is 4.47 Å². The van der Waals surface area contributed by atoms with E-state index >= 15 is 0 Å². The topological polar surface area (TPSA) is 0 Å². The Labute approximate surface area is 125 Å². The Kier molecular flexibility index (Phi) is 5.21. The predicted octanol–water partition coefficient (Wildman–Crippen LogP) is 6.09. The Balaban J connectivity index is 2.04. The van der Waals surface area contributed by atoms with Crippen LogP contribution in [0.15, 0.2) is 53.0 Å². The molecule has 0 nitrogen and oxygen atoms in total. The number of hydrogen-bond donors (Lipinski definition) is 0. The van der Waals surface area contributed by atoms with Gasteiger partial charge in [-0.1, -0.05) is 72.6 Å². The summed E-state index contributed by atoms with van der Waals surface area (Å²) in [5.41, 5.74) is 4.01. The Hall–Kier alpha value is -1.08. The summed E-state index contributed by atoms with van der Waals surface area (Å²) in [5.74, 6) is 0.825. The fourth-order valence-corrected chi connectivity index (χ4v) is 2.39. The second-order valence-corrected chi connectivity index (χ2v) is 6.17. The van der Waals surface area contributed by atoms with E-state index < -0.39 is 0 Å². The van der Waals surface area contributed by atoms with Crippen molar-refractivity contribution in [2.45, 2.75) is 33.1 Å². The van der Waals surface area contributed by atoms with Crippen molar-refractivity contribution >= 4 is 15.9 Å². The monoisotopic (exact) mass is 316 g/mol. The van der Waals surface area contributed by atoms with Gasteiger partial charge in [-0.2, -0.15) is 0 Å². The number of rotatable bonds is 5. The van der Waals surface area contributed by atoms with Gasteiger partial charge in [-0.25, -0.2) is 0 Å². The van der Waals surface area contributed by atoms with Gasteiger partial charge in [0.05, 0.1) is 0 Å². The molecule has 2 aromatic carbocycles. The van der Waals surface area contributed by atoms with Crippen LogP contribution in [0.1, 0.15) is 32.3 Å². The fraction of sp³-hybridized carbons (Fsp3) is 0.333. The molecule has 0 bridgehead atoms. The van der Waals surface area contributed by atoms with Gasteiger partial charge in [0.2, 0.25) is 0 Å². The molecule has 0 fully saturated rings. The second kappa shape index (κ2) is 6.91. The fourth-order valence-electron chi connectivity index (χ4n) is 2.12. The molecule has 0 saturated carbocycles. The number of benzene rings is 2. The summed E-state index contributed by atoms with van der Waals surface area (Å²) in [6.07, 6.45) is 3.75. The lowest BCUT2D eigenvalue weighted by Gasteiger charge is -2.09. The summed E-state index contributed by atoms with van der Waals surface area (Å²) in [4.78, 5) is 0. The van der Waals surface area contributed by atoms with Gasteiger partial charge in [-0.3, -0.25) is 0 Å². The van der Waals surface area contributed by atoms with Crippen molar-refractivity contribution < 1.29 is 0 Å². The van der Waals surface area contributed by atoms with Crippen molar-refractivity contribution in [3.63, 3.8) is 0 Å². The highest BCUT2D eigenvalue weighted by atomic mass is 79.9. The molecule has 0 radical (unpaired) electrons. The third-order valence-electron chi connectivity index (χ3n) is 3.75. The van der Waals surface area contributed by atoms with Gasteiger partial charge in [-0.15, -0.1) is 0 Å². The third kappa shape index (κ3) is 4.21. The average molecular weight is 317 g/mol. The van der Waals surface area contributed by atoms with Gasteiger partial charge in [0.15, 0.2) is 0 Å². The lowest BCUT2D eigenvalue weighted by molar-refractivity contribution is 0.516. The predicted molar refractivity (Wildman–Crippen MR) is 87.4 cm³/mol. The molecule has 0 aliphatic rings. The smallest absolute Gasteiger partial charge is 0.0175 e. The molecule has 0 N–H and O–H groups in total. The van der Waals surface area contributed by atoms with Crippen molar-refractivity contribution in [3.05, 3.63) is 58.6 Å². The quantitative estimate of drug-likeness (QED) is 0.625. The molecule has 0 aliphatic carbocycles. The van der Waals surface area contributed by atoms with E-state index in [0.29, 0.717) is 0 Å². The lowest BCUT2D eigenvalue weighted by atomic mass is 9.97. The summed E-state index contributed by atoms with van der Waals surface area (Å²) in [5, 5.41) is 0. The summed E-state index contributed by atoms with van der Waals surface area (Å²) < 4.78 is 1.13. The van der Waals surface area contributed by atoms with Crippen LogP contribution >= 0.6 is 15.9 Å². The number of hydrogen-bond acceptors (Lipinski definition) is 0. The summed E-state index contributed by atoms with van der Waals surface area (Å²) in [6, 6.07) is 17.5. The van der Waals surface area contributed by atoms with E-state index in [-0.39, 0.29) is 0 Å². The first-order chi connectivity index (χ1) is 9.19. The first-order valence-electron chi connectivity index (χ1n) is 7.04. The van der Waals surface area contributed by atoms with Crippen molar-refractivity contribution in [2.75, 3.05) is 0 Å². The Bertz CT molecular complexity index is 496. The minimum atomic E-state index is 0.825. The number of halogens is 1. The van der Waals surface area contributed by atoms with Gasteiger partial charge in [0.25, 0.3) is 0 Å². The molecule has 0 aromatic heterocycles. The van der Waals surface area contributed by atoms with E-state index in [4.69, 9.17) is 0 Å². The van der Waals surface area contributed by atoms with E-state index in [1.54, 1.807) is 0 Å². The molecular weight excluding hydrogens is 296 g/mol. The summed E-state index contributed by atoms with van der Waals surface area (Å²) >= 11 is 3.47. The largest absolute Gasteiger partial charge is 0.0651 e. The van der Waals surface area contributed by atoms with E-state index in [1.807, 2.05) is 0 Å². The zero-order valence-corrected chi connectivity index (χ0v) is 13.3. The second-order valence-electron chi connectivity index (χ2n) is 5.26. The first-order valence-corrected chi connectivity index (χ1v) is 7.83. The molecule has 2 rings (SSSR count). The lowest BCUT2D eigenvalue weighted by Crippen LogP contribution is -1.95. The van der Waals surface area contributed by atoms with Crippen LogP contribution in [0.3, 0.4) is 0 Å². The molecule has 2 aromatic rings. The molecule has 0 amide bonds. The van der Waals surface area contributed by atoms with E-state index in [9.17, 15) is 0 Å². The van der Waals surface area contributed by atoms with Crippen LogP contribution in [-0.2, 0) is 6.42 Å². The van der Waals surface area contributed by atoms with Crippen molar-refractivity contribution in [1.82, 2.24) is 0 Å². The Morgan fingerprint density at radius 3 is 1.95 bits per heavy atom. The van der Waals surface area contributed by atoms with Gasteiger partial charge < -0.3 is 0 Å². The Morgan fingerprint density at radius 2 is 1.42 bits per heavy atom. The standard InChI is InChI=1S/C18H21Br/c1-3-14(2)4-5-15-6-8-16(9-7-15)17-10-12-18(19)13-11-17/h6-14H,3-5H2,1-2H3. The average Bonchev–Trinajstić information content (AvgIpc) is 2.46. The van der Waals surface area contributed by atoms with Crippen LogP contribution in [0.4, 0.5) is 0 Å². The summed E-state index contributed by atoms with van der Waals surface area (Å²) in [6.45, 7) is 4.59. The van der Waals surface area contributed by atoms with Gasteiger partial charge in [-0.05, 0) is 47.6 Å². The maximum Gasteiger partial charge on any atom is 0.0175 e. The van der Waals surface area contributed by atoms with Crippen LogP contribution in [0.2, 0.25) is 0 Å². The highest BCUT2D eigenvalue weighted by molar-refractivity contribution is 9.10. The maximum atomic E-state index is 3.47. The molecule has 19 heavy (non-hydrogen) atoms. The van der Waals surface area contributed by atoms with E-state index in [2.05, 4.69) is 78.3 Å². The van der Waals surface area contributed by atoms with Crippen LogP contribution in [0.25, 0.3) is 11.1 Å². The zero-order chi connectivity index (χ0) is 13.7. The molecule has 1 atom stereocenters.